The molecule has 2 rings (SSSR count). The molecule has 6 heteroatoms. The number of benzene rings is 1. The molecule has 1 atom stereocenters. The zero-order chi connectivity index (χ0) is 20.4. The maximum Gasteiger partial charge on any atom is 0.410 e. The lowest BCUT2D eigenvalue weighted by Gasteiger charge is -2.34. The highest BCUT2D eigenvalue weighted by atomic mass is 16.6. The minimum Gasteiger partial charge on any atom is -0.481 e. The summed E-state index contributed by atoms with van der Waals surface area (Å²) in [5, 5.41) is 8.71. The van der Waals surface area contributed by atoms with Crippen molar-refractivity contribution >= 4 is 17.8 Å². The topological polar surface area (TPSA) is 83.9 Å². The lowest BCUT2D eigenvalue weighted by molar-refractivity contribution is -0.137. The third-order valence-corrected chi connectivity index (χ3v) is 4.95. The first-order chi connectivity index (χ1) is 13.5. The Kier molecular flexibility index (Phi) is 8.72. The van der Waals surface area contributed by atoms with Crippen LogP contribution in [-0.4, -0.2) is 47.0 Å². The van der Waals surface area contributed by atoms with Crippen molar-refractivity contribution in [3.8, 4) is 0 Å². The Morgan fingerprint density at radius 1 is 1.21 bits per heavy atom. The second-order valence-electron chi connectivity index (χ2n) is 7.25. The highest BCUT2D eigenvalue weighted by Gasteiger charge is 2.29. The van der Waals surface area contributed by atoms with Crippen LogP contribution in [0.1, 0.15) is 51.0 Å². The van der Waals surface area contributed by atoms with Crippen LogP contribution in [-0.2, 0) is 20.7 Å². The fourth-order valence-corrected chi connectivity index (χ4v) is 3.31. The van der Waals surface area contributed by atoms with Gasteiger partial charge in [-0.2, -0.15) is 0 Å². The average molecular weight is 387 g/mol. The SMILES string of the molecule is C/C(=C/CN1C(=O)OCC[C@@H]1CCC(=O)Cc1ccccc1)CCCC(=O)O. The molecule has 0 saturated carbocycles. The molecular formula is C22H29NO5. The number of carboxylic acids is 1. The Balaban J connectivity index is 1.84. The van der Waals surface area contributed by atoms with Crippen molar-refractivity contribution in [3.05, 3.63) is 47.5 Å². The van der Waals surface area contributed by atoms with Crippen LogP contribution in [0.4, 0.5) is 4.79 Å². The van der Waals surface area contributed by atoms with Crippen molar-refractivity contribution < 1.29 is 24.2 Å². The largest absolute Gasteiger partial charge is 0.481 e. The summed E-state index contributed by atoms with van der Waals surface area (Å²) in [5.41, 5.74) is 2.06. The van der Waals surface area contributed by atoms with Crippen molar-refractivity contribution in [2.45, 2.75) is 57.9 Å². The molecule has 1 heterocycles. The summed E-state index contributed by atoms with van der Waals surface area (Å²) in [6, 6.07) is 9.65. The Labute approximate surface area is 166 Å². The molecule has 0 aliphatic carbocycles. The molecule has 0 bridgehead atoms. The molecule has 1 fully saturated rings. The number of ether oxygens (including phenoxy) is 1. The van der Waals surface area contributed by atoms with E-state index in [9.17, 15) is 14.4 Å². The third-order valence-electron chi connectivity index (χ3n) is 4.95. The van der Waals surface area contributed by atoms with Gasteiger partial charge >= 0.3 is 12.1 Å². The quantitative estimate of drug-likeness (QED) is 0.581. The zero-order valence-electron chi connectivity index (χ0n) is 16.4. The molecule has 28 heavy (non-hydrogen) atoms. The number of carbonyl (C=O) groups is 3. The van der Waals surface area contributed by atoms with Crippen molar-refractivity contribution in [1.82, 2.24) is 4.90 Å². The number of rotatable bonds is 11. The number of carbonyl (C=O) groups excluding carboxylic acids is 2. The van der Waals surface area contributed by atoms with Crippen molar-refractivity contribution in [3.63, 3.8) is 0 Å². The maximum absolute atomic E-state index is 12.3. The van der Waals surface area contributed by atoms with Gasteiger partial charge in [-0.25, -0.2) is 4.79 Å². The molecule has 1 amide bonds. The standard InChI is InChI=1S/C22H29NO5/c1-17(6-5-9-21(25)26)12-14-23-19(13-15-28-22(23)27)10-11-20(24)16-18-7-3-2-4-8-18/h2-4,7-8,12,19H,5-6,9-11,13-16H2,1H3,(H,25,26)/b17-12-/t19-/m0/s1. The number of aliphatic carboxylic acids is 1. The Morgan fingerprint density at radius 2 is 1.96 bits per heavy atom. The predicted octanol–water partition coefficient (Wildman–Crippen LogP) is 3.99. The third kappa shape index (κ3) is 7.55. The first kappa shape index (κ1) is 21.7. The molecule has 0 unspecified atom stereocenters. The number of hydrogen-bond acceptors (Lipinski definition) is 4. The molecular weight excluding hydrogens is 358 g/mol. The van der Waals surface area contributed by atoms with E-state index < -0.39 is 5.97 Å². The zero-order valence-corrected chi connectivity index (χ0v) is 16.4. The number of hydrogen-bond donors (Lipinski definition) is 1. The van der Waals surface area contributed by atoms with Crippen molar-refractivity contribution in [2.24, 2.45) is 0 Å². The number of nitrogens with zero attached hydrogens (tertiary/aromatic N) is 1. The predicted molar refractivity (Wildman–Crippen MR) is 106 cm³/mol. The smallest absolute Gasteiger partial charge is 0.410 e. The minimum absolute atomic E-state index is 0.0101. The highest BCUT2D eigenvalue weighted by Crippen LogP contribution is 2.19. The lowest BCUT2D eigenvalue weighted by Crippen LogP contribution is -2.46. The van der Waals surface area contributed by atoms with Gasteiger partial charge in [-0.3, -0.25) is 9.59 Å². The Morgan fingerprint density at radius 3 is 2.68 bits per heavy atom. The van der Waals surface area contributed by atoms with Gasteiger partial charge in [-0.1, -0.05) is 42.0 Å². The molecule has 0 aromatic heterocycles. The van der Waals surface area contributed by atoms with Crippen molar-refractivity contribution in [1.29, 1.82) is 0 Å². The monoisotopic (exact) mass is 387 g/mol. The van der Waals surface area contributed by atoms with Crippen LogP contribution in [0, 0.1) is 0 Å². The fourth-order valence-electron chi connectivity index (χ4n) is 3.31. The summed E-state index contributed by atoms with van der Waals surface area (Å²) in [7, 11) is 0. The molecule has 1 N–H and O–H groups in total. The van der Waals surface area contributed by atoms with E-state index in [1.807, 2.05) is 43.3 Å². The van der Waals surface area contributed by atoms with E-state index in [-0.39, 0.29) is 24.3 Å². The van der Waals surface area contributed by atoms with Gasteiger partial charge in [-0.15, -0.1) is 0 Å². The summed E-state index contributed by atoms with van der Waals surface area (Å²) in [6.07, 6.45) is 5.22. The number of Topliss-reactive ketones (excluding diaryl/α,β-unsaturated/α-hetero) is 1. The van der Waals surface area contributed by atoms with E-state index in [2.05, 4.69) is 0 Å². The van der Waals surface area contributed by atoms with E-state index in [0.717, 1.165) is 17.6 Å². The molecule has 152 valence electrons. The second kappa shape index (κ2) is 11.3. The van der Waals surface area contributed by atoms with Gasteiger partial charge in [0.05, 0.1) is 6.61 Å². The summed E-state index contributed by atoms with van der Waals surface area (Å²) in [4.78, 5) is 36.7. The van der Waals surface area contributed by atoms with Gasteiger partial charge in [-0.05, 0) is 31.7 Å². The van der Waals surface area contributed by atoms with Gasteiger partial charge in [0.15, 0.2) is 0 Å². The van der Waals surface area contributed by atoms with Crippen LogP contribution in [0.5, 0.6) is 0 Å². The van der Waals surface area contributed by atoms with Crippen LogP contribution in [0.2, 0.25) is 0 Å². The van der Waals surface area contributed by atoms with Gasteiger partial charge < -0.3 is 14.7 Å². The molecule has 1 aliphatic rings. The molecule has 1 aromatic carbocycles. The van der Waals surface area contributed by atoms with Crippen LogP contribution in [0.3, 0.4) is 0 Å². The minimum atomic E-state index is -0.798. The van der Waals surface area contributed by atoms with E-state index in [1.54, 1.807) is 4.90 Å². The average Bonchev–Trinajstić information content (AvgIpc) is 2.66. The molecule has 0 radical (unpaired) electrons. The van der Waals surface area contributed by atoms with Gasteiger partial charge in [0.25, 0.3) is 0 Å². The molecule has 0 spiro atoms. The molecule has 1 aliphatic heterocycles. The summed E-state index contributed by atoms with van der Waals surface area (Å²) in [6.45, 7) is 2.75. The molecule has 6 nitrogen and oxygen atoms in total. The first-order valence-electron chi connectivity index (χ1n) is 9.82. The summed E-state index contributed by atoms with van der Waals surface area (Å²) < 4.78 is 5.16. The van der Waals surface area contributed by atoms with Crippen LogP contribution < -0.4 is 0 Å². The van der Waals surface area contributed by atoms with E-state index >= 15 is 0 Å². The summed E-state index contributed by atoms with van der Waals surface area (Å²) >= 11 is 0. The van der Waals surface area contributed by atoms with Gasteiger partial charge in [0.1, 0.15) is 5.78 Å². The summed E-state index contributed by atoms with van der Waals surface area (Å²) in [5.74, 6) is -0.627. The highest BCUT2D eigenvalue weighted by molar-refractivity contribution is 5.81. The Bertz CT molecular complexity index is 698. The van der Waals surface area contributed by atoms with E-state index in [4.69, 9.17) is 9.84 Å². The van der Waals surface area contributed by atoms with Crippen LogP contribution in [0.15, 0.2) is 42.0 Å². The van der Waals surface area contributed by atoms with Crippen LogP contribution in [0.25, 0.3) is 0 Å². The van der Waals surface area contributed by atoms with Gasteiger partial charge in [0.2, 0.25) is 0 Å². The number of ketones is 1. The van der Waals surface area contributed by atoms with Crippen LogP contribution >= 0.6 is 0 Å². The lowest BCUT2D eigenvalue weighted by atomic mass is 10.00. The molecule has 1 saturated heterocycles. The fraction of sp³-hybridized carbons (Fsp3) is 0.500. The first-order valence-corrected chi connectivity index (χ1v) is 9.82. The second-order valence-corrected chi connectivity index (χ2v) is 7.25. The van der Waals surface area contributed by atoms with E-state index in [0.29, 0.717) is 45.3 Å². The molecule has 1 aromatic rings. The number of amides is 1. The number of carboxylic acid groups (broad SMARTS) is 1. The number of cyclic esters (lactones) is 1. The number of allylic oxidation sites excluding steroid dienone is 1. The van der Waals surface area contributed by atoms with Gasteiger partial charge in [0, 0.05) is 38.3 Å². The van der Waals surface area contributed by atoms with Crippen molar-refractivity contribution in [2.75, 3.05) is 13.2 Å². The van der Waals surface area contributed by atoms with E-state index in [1.165, 1.54) is 0 Å². The maximum atomic E-state index is 12.3. The normalized spacial score (nSPS) is 17.3. The Hall–Kier alpha value is -2.63.